The van der Waals surface area contributed by atoms with E-state index in [0.29, 0.717) is 17.7 Å². The molecule has 3 rings (SSSR count). The molecule has 0 unspecified atom stereocenters. The van der Waals surface area contributed by atoms with Crippen molar-refractivity contribution in [2.24, 2.45) is 5.92 Å². The first kappa shape index (κ1) is 19.4. The van der Waals surface area contributed by atoms with Gasteiger partial charge in [0.05, 0.1) is 7.11 Å². The Kier molecular flexibility index (Phi) is 7.77. The molecule has 1 aliphatic carbocycles. The molecule has 6 heteroatoms. The van der Waals surface area contributed by atoms with Gasteiger partial charge in [-0.25, -0.2) is 0 Å². The summed E-state index contributed by atoms with van der Waals surface area (Å²) in [5.74, 6) is 1.78. The summed E-state index contributed by atoms with van der Waals surface area (Å²) < 4.78 is 5.19. The molecule has 22 heavy (non-hydrogen) atoms. The molecule has 1 aromatic rings. The Bertz CT molecular complexity index is 463. The fraction of sp³-hybridized carbons (Fsp3) is 0.625. The Labute approximate surface area is 145 Å². The molecular formula is C16H26Cl2N2O2. The zero-order chi connectivity index (χ0) is 13.9. The summed E-state index contributed by atoms with van der Waals surface area (Å²) in [6, 6.07) is 6.10. The molecule has 1 aliphatic heterocycles. The molecule has 0 bridgehead atoms. The second-order valence-corrected chi connectivity index (χ2v) is 5.85. The Hall–Kier alpha value is -0.680. The van der Waals surface area contributed by atoms with Crippen molar-refractivity contribution in [2.75, 3.05) is 33.3 Å². The van der Waals surface area contributed by atoms with Crippen molar-refractivity contribution >= 4 is 24.8 Å². The maximum Gasteiger partial charge on any atom is 0.124 e. The van der Waals surface area contributed by atoms with Gasteiger partial charge in [0.2, 0.25) is 0 Å². The van der Waals surface area contributed by atoms with Crippen molar-refractivity contribution in [3.8, 4) is 11.5 Å². The average Bonchev–Trinajstić information content (AvgIpc) is 2.44. The van der Waals surface area contributed by atoms with Crippen LogP contribution in [-0.4, -0.2) is 43.3 Å². The third-order valence-corrected chi connectivity index (χ3v) is 4.70. The van der Waals surface area contributed by atoms with Gasteiger partial charge in [0.1, 0.15) is 11.5 Å². The summed E-state index contributed by atoms with van der Waals surface area (Å²) >= 11 is 0. The van der Waals surface area contributed by atoms with E-state index in [9.17, 15) is 5.11 Å². The van der Waals surface area contributed by atoms with E-state index in [1.165, 1.54) is 19.3 Å². The highest BCUT2D eigenvalue weighted by molar-refractivity contribution is 5.85. The summed E-state index contributed by atoms with van der Waals surface area (Å²) in [5, 5.41) is 13.8. The van der Waals surface area contributed by atoms with Crippen LogP contribution in [0.2, 0.25) is 0 Å². The van der Waals surface area contributed by atoms with Crippen LogP contribution in [0.25, 0.3) is 0 Å². The predicted molar refractivity (Wildman–Crippen MR) is 93.7 cm³/mol. The van der Waals surface area contributed by atoms with E-state index in [1.807, 2.05) is 12.1 Å². The molecule has 126 valence electrons. The lowest BCUT2D eigenvalue weighted by Gasteiger charge is -2.43. The molecule has 2 N–H and O–H groups in total. The van der Waals surface area contributed by atoms with E-state index in [2.05, 4.69) is 10.2 Å². The van der Waals surface area contributed by atoms with E-state index < -0.39 is 0 Å². The number of phenols is 1. The van der Waals surface area contributed by atoms with Crippen LogP contribution in [0.15, 0.2) is 18.2 Å². The number of hydrogen-bond acceptors (Lipinski definition) is 4. The lowest BCUT2D eigenvalue weighted by Crippen LogP contribution is -2.47. The number of nitrogens with zero attached hydrogens (tertiary/aromatic N) is 1. The van der Waals surface area contributed by atoms with E-state index in [1.54, 1.807) is 13.2 Å². The fourth-order valence-corrected chi connectivity index (χ4v) is 3.37. The van der Waals surface area contributed by atoms with Crippen molar-refractivity contribution in [2.45, 2.75) is 25.3 Å². The van der Waals surface area contributed by atoms with E-state index >= 15 is 0 Å². The summed E-state index contributed by atoms with van der Waals surface area (Å²) in [6.07, 6.45) is 3.88. The van der Waals surface area contributed by atoms with Gasteiger partial charge in [-0.15, -0.1) is 24.8 Å². The van der Waals surface area contributed by atoms with Crippen molar-refractivity contribution in [1.82, 2.24) is 10.2 Å². The van der Waals surface area contributed by atoms with Gasteiger partial charge < -0.3 is 15.2 Å². The van der Waals surface area contributed by atoms with Gasteiger partial charge in [-0.1, -0.05) is 12.5 Å². The van der Waals surface area contributed by atoms with Crippen LogP contribution in [-0.2, 0) is 0 Å². The summed E-state index contributed by atoms with van der Waals surface area (Å²) in [4.78, 5) is 2.53. The molecule has 1 heterocycles. The van der Waals surface area contributed by atoms with Gasteiger partial charge in [0.25, 0.3) is 0 Å². The van der Waals surface area contributed by atoms with Crippen molar-refractivity contribution in [3.63, 3.8) is 0 Å². The maximum absolute atomic E-state index is 10.4. The smallest absolute Gasteiger partial charge is 0.124 e. The second-order valence-electron chi connectivity index (χ2n) is 5.85. The largest absolute Gasteiger partial charge is 0.507 e. The van der Waals surface area contributed by atoms with Crippen molar-refractivity contribution in [3.05, 3.63) is 23.8 Å². The van der Waals surface area contributed by atoms with Crippen LogP contribution in [0.5, 0.6) is 11.5 Å². The molecule has 0 radical (unpaired) electrons. The Morgan fingerprint density at radius 1 is 1.23 bits per heavy atom. The summed E-state index contributed by atoms with van der Waals surface area (Å²) in [5.41, 5.74) is 1.07. The normalized spacial score (nSPS) is 20.2. The minimum Gasteiger partial charge on any atom is -0.507 e. The van der Waals surface area contributed by atoms with E-state index in [0.717, 1.165) is 37.5 Å². The Morgan fingerprint density at radius 2 is 1.91 bits per heavy atom. The number of nitrogens with one attached hydrogen (secondary N) is 1. The van der Waals surface area contributed by atoms with Crippen LogP contribution in [0.4, 0.5) is 0 Å². The third-order valence-electron chi connectivity index (χ3n) is 4.70. The summed E-state index contributed by atoms with van der Waals surface area (Å²) in [7, 11) is 1.63. The molecule has 4 nitrogen and oxygen atoms in total. The number of aromatic hydroxyl groups is 1. The van der Waals surface area contributed by atoms with Crippen LogP contribution in [0, 0.1) is 5.92 Å². The molecule has 1 atom stereocenters. The van der Waals surface area contributed by atoms with Gasteiger partial charge >= 0.3 is 0 Å². The first-order valence-corrected chi connectivity index (χ1v) is 7.61. The Morgan fingerprint density at radius 3 is 2.41 bits per heavy atom. The highest BCUT2D eigenvalue weighted by Crippen LogP contribution is 2.44. The highest BCUT2D eigenvalue weighted by Gasteiger charge is 2.34. The number of methoxy groups -OCH3 is 1. The third kappa shape index (κ3) is 3.99. The van der Waals surface area contributed by atoms with Gasteiger partial charge in [-0.2, -0.15) is 0 Å². The topological polar surface area (TPSA) is 44.7 Å². The maximum atomic E-state index is 10.4. The lowest BCUT2D eigenvalue weighted by atomic mass is 9.76. The zero-order valence-electron chi connectivity index (χ0n) is 13.0. The minimum atomic E-state index is 0. The van der Waals surface area contributed by atoms with Gasteiger partial charge in [0, 0.05) is 43.9 Å². The number of benzene rings is 1. The standard InChI is InChI=1S/C16H24N2O2.2ClH/c1-20-13-5-6-14(15(19)11-13)16(12-3-2-4-12)18-9-7-17-8-10-18;;/h5-6,11-12,16-17,19H,2-4,7-10H2,1H3;2*1H/t16-;;/m1../s1. The number of piperazine rings is 1. The molecule has 0 amide bonds. The molecule has 0 spiro atoms. The van der Waals surface area contributed by atoms with Crippen molar-refractivity contribution in [1.29, 1.82) is 0 Å². The molecule has 0 aromatic heterocycles. The first-order chi connectivity index (χ1) is 9.79. The first-order valence-electron chi connectivity index (χ1n) is 7.61. The van der Waals surface area contributed by atoms with Crippen LogP contribution in [0.3, 0.4) is 0 Å². The fourth-order valence-electron chi connectivity index (χ4n) is 3.37. The number of halogens is 2. The summed E-state index contributed by atoms with van der Waals surface area (Å²) in [6.45, 7) is 4.21. The molecule has 2 aliphatic rings. The monoisotopic (exact) mass is 348 g/mol. The van der Waals surface area contributed by atoms with E-state index in [4.69, 9.17) is 4.74 Å². The number of ether oxygens (including phenoxy) is 1. The average molecular weight is 349 g/mol. The minimum absolute atomic E-state index is 0. The highest BCUT2D eigenvalue weighted by atomic mass is 35.5. The van der Waals surface area contributed by atoms with Crippen LogP contribution >= 0.6 is 24.8 Å². The van der Waals surface area contributed by atoms with Crippen LogP contribution in [0.1, 0.15) is 30.9 Å². The predicted octanol–water partition coefficient (Wildman–Crippen LogP) is 2.99. The van der Waals surface area contributed by atoms with Gasteiger partial charge in [-0.05, 0) is 24.8 Å². The quantitative estimate of drug-likeness (QED) is 0.877. The number of hydrogen-bond donors (Lipinski definition) is 2. The number of rotatable bonds is 4. The van der Waals surface area contributed by atoms with Gasteiger partial charge in [-0.3, -0.25) is 4.90 Å². The molecule has 2 fully saturated rings. The number of phenolic OH excluding ortho intramolecular Hbond substituents is 1. The molecule has 1 saturated heterocycles. The van der Waals surface area contributed by atoms with E-state index in [-0.39, 0.29) is 24.8 Å². The zero-order valence-corrected chi connectivity index (χ0v) is 14.6. The second kappa shape index (κ2) is 8.82. The lowest BCUT2D eigenvalue weighted by molar-refractivity contribution is 0.0819. The van der Waals surface area contributed by atoms with Crippen molar-refractivity contribution < 1.29 is 9.84 Å². The molecule has 1 saturated carbocycles. The van der Waals surface area contributed by atoms with Crippen LogP contribution < -0.4 is 10.1 Å². The Balaban J connectivity index is 0.00000121. The SMILES string of the molecule is COc1ccc([C@@H](C2CCC2)N2CCNCC2)c(O)c1.Cl.Cl. The molecular weight excluding hydrogens is 323 g/mol. The molecule has 1 aromatic carbocycles. The van der Waals surface area contributed by atoms with Gasteiger partial charge in [0.15, 0.2) is 0 Å².